The van der Waals surface area contributed by atoms with Crippen molar-refractivity contribution in [3.05, 3.63) is 93.0 Å². The van der Waals surface area contributed by atoms with Gasteiger partial charge in [0.2, 0.25) is 0 Å². The van der Waals surface area contributed by atoms with Gasteiger partial charge in [-0.2, -0.15) is 0 Å². The van der Waals surface area contributed by atoms with Crippen molar-refractivity contribution in [1.29, 1.82) is 0 Å². The molecule has 0 aliphatic rings. The molecule has 0 saturated heterocycles. The molecule has 0 atom stereocenters. The van der Waals surface area contributed by atoms with E-state index in [2.05, 4.69) is 0 Å². The van der Waals surface area contributed by atoms with Crippen LogP contribution in [0.5, 0.6) is 5.75 Å². The molecular weight excluding hydrogens is 545 g/mol. The second-order valence-corrected chi connectivity index (χ2v) is 13.9. The molecule has 7 nitrogen and oxygen atoms in total. The second-order valence-electron chi connectivity index (χ2n) is 5.53. The van der Waals surface area contributed by atoms with Gasteiger partial charge in [0.25, 0.3) is 0 Å². The normalized spacial score (nSPS) is 10.6. The molecule has 8 heteroatoms. The first-order valence-corrected chi connectivity index (χ1v) is 13.2. The number of benzene rings is 3. The molecule has 0 amide bonds. The molecule has 27 heavy (non-hydrogen) atoms. The monoisotopic (exact) mass is 560 g/mol. The van der Waals surface area contributed by atoms with E-state index in [1.54, 1.807) is 55.6 Å². The fourth-order valence-electron chi connectivity index (χ4n) is 2.75. The number of hydrogen-bond acceptors (Lipinski definition) is 5. The maximum absolute atomic E-state index is 11.6. The summed E-state index contributed by atoms with van der Waals surface area (Å²) in [4.78, 5) is 22.3. The van der Waals surface area contributed by atoms with E-state index in [1.807, 2.05) is 12.1 Å². The van der Waals surface area contributed by atoms with Crippen molar-refractivity contribution in [3.8, 4) is 5.75 Å². The summed E-state index contributed by atoms with van der Waals surface area (Å²) >= 11 is -3.31. The Labute approximate surface area is 163 Å². The average molecular weight is 560 g/mol. The van der Waals surface area contributed by atoms with E-state index < -0.39 is 31.6 Å². The van der Waals surface area contributed by atoms with E-state index in [4.69, 9.17) is 4.74 Å². The minimum absolute atomic E-state index is 0.00393. The van der Waals surface area contributed by atoms with Gasteiger partial charge >= 0.3 is 163 Å². The topological polar surface area (TPSA) is 95.5 Å². The molecule has 0 aliphatic heterocycles. The summed E-state index contributed by atoms with van der Waals surface area (Å²) in [7, 11) is 1.55. The molecule has 0 N–H and O–H groups in total. The molecule has 0 aliphatic carbocycles. The van der Waals surface area contributed by atoms with Crippen molar-refractivity contribution in [2.45, 2.75) is 0 Å². The summed E-state index contributed by atoms with van der Waals surface area (Å²) in [5.74, 6) is 0.660. The van der Waals surface area contributed by atoms with Gasteiger partial charge in [0.1, 0.15) is 0 Å². The first kappa shape index (κ1) is 18.9. The Balaban J connectivity index is 2.28. The Kier molecular flexibility index (Phi) is 5.76. The zero-order valence-electron chi connectivity index (χ0n) is 14.3. The van der Waals surface area contributed by atoms with Crippen molar-refractivity contribution in [2.24, 2.45) is 0 Å². The van der Waals surface area contributed by atoms with Crippen LogP contribution in [0.1, 0.15) is 0 Å². The molecule has 0 heterocycles. The Morgan fingerprint density at radius 3 is 1.59 bits per heavy atom. The van der Waals surface area contributed by atoms with Gasteiger partial charge in [0.05, 0.1) is 0 Å². The summed E-state index contributed by atoms with van der Waals surface area (Å²) in [6.07, 6.45) is 0. The third-order valence-corrected chi connectivity index (χ3v) is 13.8. The third-order valence-electron chi connectivity index (χ3n) is 3.97. The van der Waals surface area contributed by atoms with Crippen LogP contribution >= 0.6 is 0 Å². The van der Waals surface area contributed by atoms with E-state index in [0.717, 1.165) is 3.27 Å². The van der Waals surface area contributed by atoms with E-state index >= 15 is 0 Å². The van der Waals surface area contributed by atoms with E-state index in [0.29, 0.717) is 12.3 Å². The van der Waals surface area contributed by atoms with Gasteiger partial charge in [0.15, 0.2) is 0 Å². The van der Waals surface area contributed by atoms with Crippen molar-refractivity contribution < 1.29 is 14.6 Å². The third kappa shape index (κ3) is 3.96. The van der Waals surface area contributed by atoms with Crippen molar-refractivity contribution in [3.63, 3.8) is 0 Å². The summed E-state index contributed by atoms with van der Waals surface area (Å²) in [6.45, 7) is 0. The molecule has 3 rings (SSSR count). The fraction of sp³-hybridized carbons (Fsp3) is 0.0526. The van der Waals surface area contributed by atoms with Gasteiger partial charge in [-0.25, -0.2) is 0 Å². The first-order valence-electron chi connectivity index (χ1n) is 7.94. The Morgan fingerprint density at radius 1 is 0.741 bits per heavy atom. The zero-order valence-corrected chi connectivity index (χ0v) is 17.8. The SMILES string of the molecule is COc1cc[c]([Bi]([c]2ccccc2[N+](=O)[O-])[c]2ccccc2[N+](=O)[O-])cc1. The predicted molar refractivity (Wildman–Crippen MR) is 104 cm³/mol. The van der Waals surface area contributed by atoms with Gasteiger partial charge in [-0.3, -0.25) is 0 Å². The fourth-order valence-corrected chi connectivity index (χ4v) is 12.5. The standard InChI is InChI=1S/C7H7O.2C6H4NO2.Bi/c1-8-7-5-3-2-4-6-7;2*8-7(9)6-4-2-1-3-5-6;/h3-6H,1H3;2*1-4H;. The number of hydrogen-bond donors (Lipinski definition) is 0. The van der Waals surface area contributed by atoms with Crippen molar-refractivity contribution in [2.75, 3.05) is 7.11 Å². The molecule has 0 bridgehead atoms. The summed E-state index contributed by atoms with van der Waals surface area (Å²) < 4.78 is 7.28. The molecule has 0 fully saturated rings. The molecule has 0 aromatic heterocycles. The molecule has 0 spiro atoms. The predicted octanol–water partition coefficient (Wildman–Crippen LogP) is 2.03. The maximum atomic E-state index is 11.6. The van der Waals surface area contributed by atoms with E-state index in [1.165, 1.54) is 12.1 Å². The second kappa shape index (κ2) is 8.23. The van der Waals surface area contributed by atoms with Crippen molar-refractivity contribution >= 4 is 42.9 Å². The average Bonchev–Trinajstić information content (AvgIpc) is 2.69. The van der Waals surface area contributed by atoms with Crippen LogP contribution in [0.4, 0.5) is 11.4 Å². The Bertz CT molecular complexity index is 934. The molecule has 0 unspecified atom stereocenters. The van der Waals surface area contributed by atoms with Crippen LogP contribution < -0.4 is 14.6 Å². The first-order chi connectivity index (χ1) is 13.0. The number of nitrogens with zero attached hydrogens (tertiary/aromatic N) is 2. The van der Waals surface area contributed by atoms with Crippen LogP contribution in [-0.2, 0) is 0 Å². The number of para-hydroxylation sites is 2. The molecule has 0 saturated carbocycles. The number of ether oxygens (including phenoxy) is 1. The zero-order chi connectivity index (χ0) is 19.4. The van der Waals surface area contributed by atoms with Crippen LogP contribution in [0.2, 0.25) is 0 Å². The van der Waals surface area contributed by atoms with Crippen LogP contribution in [0.25, 0.3) is 0 Å². The van der Waals surface area contributed by atoms with Gasteiger partial charge < -0.3 is 0 Å². The number of methoxy groups -OCH3 is 1. The summed E-state index contributed by atoms with van der Waals surface area (Å²) in [6, 6.07) is 20.3. The van der Waals surface area contributed by atoms with Gasteiger partial charge in [-0.05, 0) is 0 Å². The molecule has 3 aromatic rings. The van der Waals surface area contributed by atoms with E-state index in [9.17, 15) is 20.2 Å². The van der Waals surface area contributed by atoms with Gasteiger partial charge in [-0.15, -0.1) is 0 Å². The summed E-state index contributed by atoms with van der Waals surface area (Å²) in [5.41, 5.74) is 0.00786. The van der Waals surface area contributed by atoms with Gasteiger partial charge in [0, 0.05) is 0 Å². The number of nitro groups is 2. The molecule has 136 valence electrons. The van der Waals surface area contributed by atoms with Crippen LogP contribution in [0, 0.1) is 20.2 Å². The van der Waals surface area contributed by atoms with Gasteiger partial charge in [-0.1, -0.05) is 0 Å². The molecule has 0 radical (unpaired) electrons. The van der Waals surface area contributed by atoms with E-state index in [-0.39, 0.29) is 11.4 Å². The van der Waals surface area contributed by atoms with Crippen LogP contribution in [0.3, 0.4) is 0 Å². The quantitative estimate of drug-likeness (QED) is 0.261. The number of nitro benzene ring substituents is 2. The van der Waals surface area contributed by atoms with Crippen LogP contribution in [-0.4, -0.2) is 38.7 Å². The molecule has 3 aromatic carbocycles. The summed E-state index contributed by atoms with van der Waals surface area (Å²) in [5, 5.41) is 23.2. The molecular formula is C19H15BiN2O5. The van der Waals surface area contributed by atoms with Crippen molar-refractivity contribution in [1.82, 2.24) is 0 Å². The Hall–Kier alpha value is -2.86. The minimum atomic E-state index is -3.31. The van der Waals surface area contributed by atoms with Crippen LogP contribution in [0.15, 0.2) is 72.8 Å². The number of rotatable bonds is 6. The Morgan fingerprint density at radius 2 is 1.19 bits per heavy atom.